The molecule has 5 nitrogen and oxygen atoms in total. The molecule has 1 unspecified atom stereocenters. The first-order chi connectivity index (χ1) is 5.95. The van der Waals surface area contributed by atoms with Crippen LogP contribution in [0, 0.1) is 0 Å². The van der Waals surface area contributed by atoms with Crippen LogP contribution in [0.1, 0.15) is 19.3 Å². The lowest BCUT2D eigenvalue weighted by Crippen LogP contribution is -2.22. The molecule has 0 aromatic carbocycles. The Morgan fingerprint density at radius 1 is 1.38 bits per heavy atom. The number of hydrogen-bond donors (Lipinski definition) is 4. The molecule has 0 spiro atoms. The Kier molecular flexibility index (Phi) is 7.03. The van der Waals surface area contributed by atoms with Gasteiger partial charge in [0.25, 0.3) is 0 Å². The van der Waals surface area contributed by atoms with Crippen molar-refractivity contribution in [3.05, 3.63) is 0 Å². The molecule has 0 saturated heterocycles. The van der Waals surface area contributed by atoms with E-state index >= 15 is 0 Å². The normalized spacial score (nSPS) is 14.5. The van der Waals surface area contributed by atoms with Crippen molar-refractivity contribution in [3.63, 3.8) is 0 Å². The van der Waals surface area contributed by atoms with Crippen molar-refractivity contribution in [1.29, 1.82) is 0 Å². The van der Waals surface area contributed by atoms with E-state index in [9.17, 15) is 4.57 Å². The fourth-order valence-corrected chi connectivity index (χ4v) is 2.54. The molecule has 7 heteroatoms. The van der Waals surface area contributed by atoms with Crippen LogP contribution in [0.4, 0.5) is 0 Å². The van der Waals surface area contributed by atoms with Crippen LogP contribution in [0.3, 0.4) is 0 Å². The van der Waals surface area contributed by atoms with Gasteiger partial charge >= 0.3 is 6.80 Å². The lowest BCUT2D eigenvalue weighted by atomic mass is 10.1. The van der Waals surface area contributed by atoms with Crippen LogP contribution in [0.25, 0.3) is 0 Å². The molecule has 0 bridgehead atoms. The Balaban J connectivity index is 3.40. The van der Waals surface area contributed by atoms with Crippen LogP contribution < -0.4 is 11.5 Å². The van der Waals surface area contributed by atoms with Crippen molar-refractivity contribution < 1.29 is 14.4 Å². The van der Waals surface area contributed by atoms with Crippen LogP contribution in [-0.4, -0.2) is 28.1 Å². The van der Waals surface area contributed by atoms with E-state index in [1.807, 2.05) is 0 Å². The lowest BCUT2D eigenvalue weighted by molar-refractivity contribution is 0.396. The quantitative estimate of drug-likeness (QED) is 0.368. The van der Waals surface area contributed by atoms with Crippen molar-refractivity contribution in [1.82, 2.24) is 0 Å². The van der Waals surface area contributed by atoms with Gasteiger partial charge in [0, 0.05) is 11.8 Å². The van der Waals surface area contributed by atoms with Crippen LogP contribution in [-0.2, 0) is 4.57 Å². The van der Waals surface area contributed by atoms with Gasteiger partial charge in [-0.3, -0.25) is 0 Å². The summed E-state index contributed by atoms with van der Waals surface area (Å²) in [4.78, 5) is 17.1. The maximum atomic E-state index is 10.4. The monoisotopic (exact) mass is 228 g/mol. The zero-order valence-electron chi connectivity index (χ0n) is 7.43. The average Bonchev–Trinajstić information content (AvgIpc) is 2.00. The van der Waals surface area contributed by atoms with E-state index in [4.69, 9.17) is 21.3 Å². The molecule has 13 heavy (non-hydrogen) atoms. The molecule has 0 aliphatic carbocycles. The molecule has 0 rings (SSSR count). The van der Waals surface area contributed by atoms with Gasteiger partial charge in [-0.1, -0.05) is 6.42 Å². The minimum atomic E-state index is -3.95. The third-order valence-electron chi connectivity index (χ3n) is 1.49. The van der Waals surface area contributed by atoms with E-state index in [0.29, 0.717) is 23.7 Å². The molecule has 0 aliphatic heterocycles. The van der Waals surface area contributed by atoms with Crippen LogP contribution in [0.2, 0.25) is 0 Å². The Morgan fingerprint density at radius 2 is 2.00 bits per heavy atom. The summed E-state index contributed by atoms with van der Waals surface area (Å²) in [5, 5.41) is 0. The highest BCUT2D eigenvalue weighted by atomic mass is 32.7. The predicted molar refractivity (Wildman–Crippen MR) is 55.4 cm³/mol. The van der Waals surface area contributed by atoms with Crippen molar-refractivity contribution in [2.75, 3.05) is 12.3 Å². The number of nitrogens with two attached hydrogens (primary N) is 2. The van der Waals surface area contributed by atoms with E-state index in [0.717, 1.165) is 19.3 Å². The highest BCUT2D eigenvalue weighted by Gasteiger charge is 2.15. The van der Waals surface area contributed by atoms with Gasteiger partial charge in [-0.15, -0.1) is 0 Å². The van der Waals surface area contributed by atoms with Crippen LogP contribution in [0.15, 0.2) is 0 Å². The number of rotatable bonds is 7. The topological polar surface area (TPSA) is 110 Å². The van der Waals surface area contributed by atoms with E-state index in [1.165, 1.54) is 0 Å². The summed E-state index contributed by atoms with van der Waals surface area (Å²) in [5.74, 6) is 0.300. The smallest absolute Gasteiger partial charge is 0.330 e. The van der Waals surface area contributed by atoms with Gasteiger partial charge in [0.1, 0.15) is 0 Å². The number of hydrogen-bond acceptors (Lipinski definition) is 4. The average molecular weight is 228 g/mol. The molecular formula is C6H17N2O3PS. The third kappa shape index (κ3) is 10.3. The molecule has 0 amide bonds. The first-order valence-corrected chi connectivity index (χ1v) is 7.31. The highest BCUT2D eigenvalue weighted by molar-refractivity contribution is 8.54. The zero-order chi connectivity index (χ0) is 10.3. The Morgan fingerprint density at radius 3 is 2.46 bits per heavy atom. The third-order valence-corrected chi connectivity index (χ3v) is 3.86. The summed E-state index contributed by atoms with van der Waals surface area (Å²) >= 11 is 0.610. The number of unbranched alkanes of at least 4 members (excludes halogenated alkanes) is 1. The van der Waals surface area contributed by atoms with Crippen LogP contribution in [0.5, 0.6) is 0 Å². The second-order valence-corrected chi connectivity index (χ2v) is 6.61. The predicted octanol–water partition coefficient (Wildman–Crippen LogP) is 0.269. The van der Waals surface area contributed by atoms with Gasteiger partial charge < -0.3 is 21.3 Å². The molecule has 0 saturated carbocycles. The van der Waals surface area contributed by atoms with Gasteiger partial charge in [0.2, 0.25) is 0 Å². The SMILES string of the molecule is NCCCCC(N)CSP(=O)(O)O. The molecule has 0 aliphatic rings. The Hall–Kier alpha value is 0.420. The molecule has 0 radical (unpaired) electrons. The molecule has 80 valence electrons. The Labute approximate surface area is 82.2 Å². The second kappa shape index (κ2) is 6.81. The maximum Gasteiger partial charge on any atom is 0.384 e. The van der Waals surface area contributed by atoms with Gasteiger partial charge in [0.05, 0.1) is 0 Å². The van der Waals surface area contributed by atoms with E-state index in [-0.39, 0.29) is 6.04 Å². The van der Waals surface area contributed by atoms with Crippen molar-refractivity contribution >= 4 is 18.2 Å². The fraction of sp³-hybridized carbons (Fsp3) is 1.00. The minimum absolute atomic E-state index is 0.149. The lowest BCUT2D eigenvalue weighted by Gasteiger charge is -2.10. The maximum absolute atomic E-state index is 10.4. The van der Waals surface area contributed by atoms with Crippen molar-refractivity contribution in [2.45, 2.75) is 25.3 Å². The standard InChI is InChI=1S/C6H17N2O3PS/c7-4-2-1-3-6(8)5-13-12(9,10)11/h6H,1-5,7-8H2,(H2,9,10,11). The fourth-order valence-electron chi connectivity index (χ4n) is 0.827. The van der Waals surface area contributed by atoms with Crippen molar-refractivity contribution in [3.8, 4) is 0 Å². The van der Waals surface area contributed by atoms with Crippen LogP contribution >= 0.6 is 18.2 Å². The van der Waals surface area contributed by atoms with Gasteiger partial charge in [-0.25, -0.2) is 4.57 Å². The minimum Gasteiger partial charge on any atom is -0.330 e. The molecule has 0 aromatic rings. The molecule has 6 N–H and O–H groups in total. The second-order valence-electron chi connectivity index (χ2n) is 2.83. The first kappa shape index (κ1) is 13.4. The van der Waals surface area contributed by atoms with Gasteiger partial charge in [-0.05, 0) is 30.8 Å². The summed E-state index contributed by atoms with van der Waals surface area (Å²) in [6, 6.07) is -0.149. The molecular weight excluding hydrogens is 211 g/mol. The van der Waals surface area contributed by atoms with E-state index in [2.05, 4.69) is 0 Å². The van der Waals surface area contributed by atoms with E-state index in [1.54, 1.807) is 0 Å². The summed E-state index contributed by atoms with van der Waals surface area (Å²) in [7, 11) is 0. The van der Waals surface area contributed by atoms with Gasteiger partial charge in [0.15, 0.2) is 0 Å². The molecule has 0 fully saturated rings. The highest BCUT2D eigenvalue weighted by Crippen LogP contribution is 2.50. The summed E-state index contributed by atoms with van der Waals surface area (Å²) in [6.07, 6.45) is 2.60. The molecule has 0 heterocycles. The summed E-state index contributed by atoms with van der Waals surface area (Å²) in [6.45, 7) is -3.31. The zero-order valence-corrected chi connectivity index (χ0v) is 9.14. The first-order valence-electron chi connectivity index (χ1n) is 4.11. The largest absolute Gasteiger partial charge is 0.384 e. The Bertz CT molecular complexity index is 175. The van der Waals surface area contributed by atoms with Gasteiger partial charge in [-0.2, -0.15) is 0 Å². The molecule has 1 atom stereocenters. The summed E-state index contributed by atoms with van der Waals surface area (Å²) < 4.78 is 10.4. The molecule has 0 aromatic heterocycles. The van der Waals surface area contributed by atoms with E-state index < -0.39 is 6.80 Å². The van der Waals surface area contributed by atoms with Crippen molar-refractivity contribution in [2.24, 2.45) is 11.5 Å². The summed E-state index contributed by atoms with van der Waals surface area (Å²) in [5.41, 5.74) is 10.9.